The summed E-state index contributed by atoms with van der Waals surface area (Å²) in [6.07, 6.45) is -3.94. The molecule has 2 aromatic carbocycles. The molecular formula is C25H27FN3O8P. The highest BCUT2D eigenvalue weighted by Crippen LogP contribution is 2.46. The van der Waals surface area contributed by atoms with Crippen molar-refractivity contribution in [3.63, 3.8) is 0 Å². The summed E-state index contributed by atoms with van der Waals surface area (Å²) in [5.74, 6) is -0.546. The average Bonchev–Trinajstić information content (AvgIpc) is 3.20. The van der Waals surface area contributed by atoms with Crippen molar-refractivity contribution in [2.24, 2.45) is 0 Å². The number of aliphatic hydroxyl groups excluding tert-OH is 1. The molecule has 1 aromatic heterocycles. The van der Waals surface area contributed by atoms with Crippen molar-refractivity contribution in [1.29, 1.82) is 0 Å². The maximum Gasteiger partial charge on any atom is 0.459 e. The Balaban J connectivity index is 1.44. The van der Waals surface area contributed by atoms with Gasteiger partial charge in [0.1, 0.15) is 30.6 Å². The number of aliphatic hydroxyl groups is 1. The highest BCUT2D eigenvalue weighted by atomic mass is 31.2. The Morgan fingerprint density at radius 2 is 1.87 bits per heavy atom. The third kappa shape index (κ3) is 6.91. The number of aromatic nitrogens is 2. The Bertz CT molecular complexity index is 1310. The van der Waals surface area contributed by atoms with Crippen LogP contribution in [0.2, 0.25) is 0 Å². The van der Waals surface area contributed by atoms with Crippen LogP contribution in [0.1, 0.15) is 18.7 Å². The zero-order valence-corrected chi connectivity index (χ0v) is 21.2. The largest absolute Gasteiger partial charge is 0.460 e. The van der Waals surface area contributed by atoms with Crippen LogP contribution in [-0.2, 0) is 30.0 Å². The van der Waals surface area contributed by atoms with Crippen molar-refractivity contribution >= 4 is 13.7 Å². The van der Waals surface area contributed by atoms with Gasteiger partial charge in [-0.3, -0.25) is 13.9 Å². The van der Waals surface area contributed by atoms with Crippen molar-refractivity contribution in [1.82, 2.24) is 14.6 Å². The maximum absolute atomic E-state index is 14.8. The van der Waals surface area contributed by atoms with E-state index < -0.39 is 56.7 Å². The SMILES string of the molecule is C[C@H](NP(=O)(OC[C@H]1O[C@@H](n2cccnc2=O)[C@@H](F)[C@@H]1O)Oc1ccccc1)C(=O)OCc1ccccc1. The number of nitrogens with zero attached hydrogens (tertiary/aromatic N) is 2. The fourth-order valence-electron chi connectivity index (χ4n) is 3.65. The van der Waals surface area contributed by atoms with E-state index in [9.17, 15) is 23.7 Å². The molecule has 0 radical (unpaired) electrons. The van der Waals surface area contributed by atoms with Crippen LogP contribution in [0.5, 0.6) is 5.75 Å². The number of alkyl halides is 1. The minimum Gasteiger partial charge on any atom is -0.460 e. The molecule has 0 bridgehead atoms. The van der Waals surface area contributed by atoms with Crippen molar-refractivity contribution in [3.8, 4) is 5.75 Å². The van der Waals surface area contributed by atoms with Gasteiger partial charge in [0.05, 0.1) is 6.61 Å². The third-order valence-corrected chi connectivity index (χ3v) is 7.26. The zero-order valence-electron chi connectivity index (χ0n) is 20.3. The molecule has 6 atom stereocenters. The van der Waals surface area contributed by atoms with Gasteiger partial charge in [0.2, 0.25) is 0 Å². The fourth-order valence-corrected chi connectivity index (χ4v) is 5.15. The van der Waals surface area contributed by atoms with Crippen LogP contribution in [0.15, 0.2) is 83.9 Å². The number of nitrogens with one attached hydrogen (secondary N) is 1. The van der Waals surface area contributed by atoms with E-state index in [0.29, 0.717) is 0 Å². The number of hydrogen-bond acceptors (Lipinski definition) is 9. The standard InChI is InChI=1S/C25H27FN3O8P/c1-17(24(31)34-15-18-9-4-2-5-10-18)28-38(33,37-19-11-6-3-7-12-19)35-16-20-22(30)21(26)23(36-20)29-14-8-13-27-25(29)32/h2-14,17,20-23,30H,15-16H2,1H3,(H,28,33)/t17-,20+,21-,22+,23+,38?/m0/s1. The van der Waals surface area contributed by atoms with E-state index in [0.717, 1.165) is 10.1 Å². The molecule has 13 heteroatoms. The van der Waals surface area contributed by atoms with Gasteiger partial charge in [-0.1, -0.05) is 48.5 Å². The van der Waals surface area contributed by atoms with Crippen molar-refractivity contribution in [2.45, 2.75) is 44.2 Å². The second-order valence-electron chi connectivity index (χ2n) is 8.45. The van der Waals surface area contributed by atoms with Crippen LogP contribution < -0.4 is 15.3 Å². The first kappa shape index (κ1) is 27.6. The number of esters is 1. The molecule has 38 heavy (non-hydrogen) atoms. The number of halogens is 1. The predicted molar refractivity (Wildman–Crippen MR) is 133 cm³/mol. The Morgan fingerprint density at radius 1 is 1.18 bits per heavy atom. The number of carbonyl (C=O) groups excluding carboxylic acids is 1. The van der Waals surface area contributed by atoms with Gasteiger partial charge in [0.15, 0.2) is 12.4 Å². The molecule has 0 amide bonds. The molecule has 202 valence electrons. The van der Waals surface area contributed by atoms with E-state index in [2.05, 4.69) is 10.1 Å². The van der Waals surface area contributed by atoms with Crippen LogP contribution in [0.4, 0.5) is 4.39 Å². The van der Waals surface area contributed by atoms with E-state index in [4.69, 9.17) is 18.5 Å². The van der Waals surface area contributed by atoms with Crippen LogP contribution >= 0.6 is 7.75 Å². The molecule has 0 aliphatic carbocycles. The Morgan fingerprint density at radius 3 is 2.55 bits per heavy atom. The average molecular weight is 547 g/mol. The van der Waals surface area contributed by atoms with E-state index >= 15 is 0 Å². The lowest BCUT2D eigenvalue weighted by atomic mass is 10.1. The van der Waals surface area contributed by atoms with Gasteiger partial charge in [0, 0.05) is 12.4 Å². The molecule has 1 fully saturated rings. The third-order valence-electron chi connectivity index (χ3n) is 5.61. The Hall–Kier alpha value is -3.41. The smallest absolute Gasteiger partial charge is 0.459 e. The first-order valence-corrected chi connectivity index (χ1v) is 13.3. The highest BCUT2D eigenvalue weighted by Gasteiger charge is 2.47. The first-order chi connectivity index (χ1) is 18.3. The van der Waals surface area contributed by atoms with Gasteiger partial charge in [-0.25, -0.2) is 18.7 Å². The van der Waals surface area contributed by atoms with E-state index in [1.807, 2.05) is 6.07 Å². The number of rotatable bonds is 11. The summed E-state index contributed by atoms with van der Waals surface area (Å²) >= 11 is 0. The van der Waals surface area contributed by atoms with Gasteiger partial charge in [-0.2, -0.15) is 5.09 Å². The van der Waals surface area contributed by atoms with Crippen LogP contribution in [0.3, 0.4) is 0 Å². The molecule has 1 aliphatic rings. The summed E-state index contributed by atoms with van der Waals surface area (Å²) in [4.78, 5) is 28.1. The lowest BCUT2D eigenvalue weighted by Crippen LogP contribution is -2.37. The summed E-state index contributed by atoms with van der Waals surface area (Å²) in [6.45, 7) is 0.836. The predicted octanol–water partition coefficient (Wildman–Crippen LogP) is 2.76. The van der Waals surface area contributed by atoms with Crippen molar-refractivity contribution < 1.29 is 37.4 Å². The lowest BCUT2D eigenvalue weighted by Gasteiger charge is -2.24. The normalized spacial score (nSPS) is 23.3. The molecule has 2 N–H and O–H groups in total. The van der Waals surface area contributed by atoms with Crippen molar-refractivity contribution in [2.75, 3.05) is 6.61 Å². The zero-order chi connectivity index (χ0) is 27.1. The van der Waals surface area contributed by atoms with Gasteiger partial charge in [0.25, 0.3) is 0 Å². The van der Waals surface area contributed by atoms with E-state index in [1.165, 1.54) is 37.5 Å². The second-order valence-corrected chi connectivity index (χ2v) is 10.1. The Labute approximate surface area is 217 Å². The number of ether oxygens (including phenoxy) is 2. The van der Waals surface area contributed by atoms with E-state index in [1.54, 1.807) is 42.5 Å². The first-order valence-electron chi connectivity index (χ1n) is 11.7. The molecule has 1 saturated heterocycles. The highest BCUT2D eigenvalue weighted by molar-refractivity contribution is 7.52. The summed E-state index contributed by atoms with van der Waals surface area (Å²) in [5, 5.41) is 12.9. The van der Waals surface area contributed by atoms with Gasteiger partial charge in [-0.05, 0) is 30.7 Å². The minimum absolute atomic E-state index is 0.00545. The second kappa shape index (κ2) is 12.4. The summed E-state index contributed by atoms with van der Waals surface area (Å²) in [7, 11) is -4.29. The molecule has 4 rings (SSSR count). The van der Waals surface area contributed by atoms with Gasteiger partial charge in [-0.15, -0.1) is 0 Å². The summed E-state index contributed by atoms with van der Waals surface area (Å²) in [6, 6.07) is 17.4. The van der Waals surface area contributed by atoms with Crippen LogP contribution in [0.25, 0.3) is 0 Å². The lowest BCUT2D eigenvalue weighted by molar-refractivity contribution is -0.146. The number of benzene rings is 2. The topological polar surface area (TPSA) is 138 Å². The monoisotopic (exact) mass is 547 g/mol. The minimum atomic E-state index is -4.29. The number of carbonyl (C=O) groups is 1. The molecule has 0 saturated carbocycles. The molecule has 0 spiro atoms. The molecule has 1 unspecified atom stereocenters. The molecule has 1 aliphatic heterocycles. The summed E-state index contributed by atoms with van der Waals surface area (Å²) < 4.78 is 51.2. The van der Waals surface area contributed by atoms with Crippen LogP contribution in [0, 0.1) is 0 Å². The van der Waals surface area contributed by atoms with Gasteiger partial charge < -0.3 is 19.1 Å². The summed E-state index contributed by atoms with van der Waals surface area (Å²) in [5.41, 5.74) is -0.0000472. The van der Waals surface area contributed by atoms with Crippen LogP contribution in [-0.4, -0.2) is 51.7 Å². The quantitative estimate of drug-likeness (QED) is 0.272. The molecule has 11 nitrogen and oxygen atoms in total. The van der Waals surface area contributed by atoms with E-state index in [-0.39, 0.29) is 12.4 Å². The van der Waals surface area contributed by atoms with Crippen molar-refractivity contribution in [3.05, 3.63) is 95.2 Å². The number of hydrogen-bond donors (Lipinski definition) is 2. The molecule has 3 aromatic rings. The molecular weight excluding hydrogens is 520 g/mol. The Kier molecular flexibility index (Phi) is 9.03. The van der Waals surface area contributed by atoms with Gasteiger partial charge >= 0.3 is 19.4 Å². The molecule has 2 heterocycles. The fraction of sp³-hybridized carbons (Fsp3) is 0.320. The number of para-hydroxylation sites is 1. The maximum atomic E-state index is 14.8.